The second kappa shape index (κ2) is 14.1. The van der Waals surface area contributed by atoms with Crippen molar-refractivity contribution < 1.29 is 9.47 Å². The molecule has 0 spiro atoms. The molecule has 1 aliphatic heterocycles. The van der Waals surface area contributed by atoms with Crippen LogP contribution in [0.1, 0.15) is 12.0 Å². The van der Waals surface area contributed by atoms with Crippen LogP contribution < -0.4 is 25.0 Å². The average Bonchev–Trinajstić information content (AvgIpc) is 2.84. The van der Waals surface area contributed by atoms with Crippen LogP contribution in [0.4, 0.5) is 5.69 Å². The summed E-state index contributed by atoms with van der Waals surface area (Å²) in [6.07, 6.45) is 1.08. The van der Waals surface area contributed by atoms with E-state index in [0.29, 0.717) is 6.54 Å². The molecule has 3 rings (SSSR count). The Hall–Kier alpha value is -2.20. The smallest absolute Gasteiger partial charge is 0.191 e. The molecule has 32 heavy (non-hydrogen) atoms. The van der Waals surface area contributed by atoms with E-state index in [9.17, 15) is 0 Å². The lowest BCUT2D eigenvalue weighted by Gasteiger charge is -2.36. The van der Waals surface area contributed by atoms with Gasteiger partial charge in [-0.05, 0) is 37.2 Å². The van der Waals surface area contributed by atoms with Gasteiger partial charge in [-0.1, -0.05) is 18.2 Å². The number of para-hydroxylation sites is 1. The number of aliphatic imine (C=N–C) groups is 1. The monoisotopic (exact) mass is 553 g/mol. The highest BCUT2D eigenvalue weighted by Crippen LogP contribution is 2.24. The number of hydrogen-bond donors (Lipinski definition) is 2. The van der Waals surface area contributed by atoms with Crippen LogP contribution in [-0.2, 0) is 6.54 Å². The summed E-state index contributed by atoms with van der Waals surface area (Å²) in [6, 6.07) is 16.5. The van der Waals surface area contributed by atoms with Crippen molar-refractivity contribution in [1.29, 1.82) is 0 Å². The Labute approximate surface area is 209 Å². The van der Waals surface area contributed by atoms with Crippen molar-refractivity contribution in [1.82, 2.24) is 15.5 Å². The van der Waals surface area contributed by atoms with E-state index in [0.717, 1.165) is 68.7 Å². The zero-order valence-electron chi connectivity index (χ0n) is 19.3. The molecule has 176 valence electrons. The van der Waals surface area contributed by atoms with E-state index in [1.165, 1.54) is 5.69 Å². The van der Waals surface area contributed by atoms with Crippen LogP contribution in [0.3, 0.4) is 0 Å². The lowest BCUT2D eigenvalue weighted by molar-refractivity contribution is 0.255. The Morgan fingerprint density at radius 1 is 0.969 bits per heavy atom. The second-order valence-corrected chi connectivity index (χ2v) is 7.55. The number of halogens is 1. The van der Waals surface area contributed by atoms with E-state index in [1.807, 2.05) is 18.2 Å². The van der Waals surface area contributed by atoms with Gasteiger partial charge in [0.05, 0.1) is 14.2 Å². The van der Waals surface area contributed by atoms with Gasteiger partial charge in [0.25, 0.3) is 0 Å². The van der Waals surface area contributed by atoms with Crippen LogP contribution in [0.5, 0.6) is 11.5 Å². The molecule has 1 aliphatic rings. The standard InChI is InChI=1S/C24H35N5O2.HI/c1-25-24(27-19-20-10-11-22(30-2)18-23(20)31-3)26-12-7-13-28-14-16-29(17-15-28)21-8-5-4-6-9-21;/h4-6,8-11,18H,7,12-17,19H2,1-3H3,(H2,25,26,27);1H. The minimum absolute atomic E-state index is 0. The number of piperazine rings is 1. The van der Waals surface area contributed by atoms with E-state index < -0.39 is 0 Å². The molecular weight excluding hydrogens is 517 g/mol. The molecule has 0 aromatic heterocycles. The van der Waals surface area contributed by atoms with Crippen LogP contribution >= 0.6 is 24.0 Å². The third-order valence-electron chi connectivity index (χ3n) is 5.60. The highest BCUT2D eigenvalue weighted by atomic mass is 127. The zero-order chi connectivity index (χ0) is 21.9. The first-order chi connectivity index (χ1) is 15.2. The van der Waals surface area contributed by atoms with Crippen molar-refractivity contribution in [2.75, 3.05) is 65.4 Å². The summed E-state index contributed by atoms with van der Waals surface area (Å²) in [7, 11) is 5.12. The van der Waals surface area contributed by atoms with Gasteiger partial charge in [0.15, 0.2) is 5.96 Å². The van der Waals surface area contributed by atoms with Crippen molar-refractivity contribution in [3.63, 3.8) is 0 Å². The largest absolute Gasteiger partial charge is 0.497 e. The summed E-state index contributed by atoms with van der Waals surface area (Å²) in [5, 5.41) is 6.77. The predicted molar refractivity (Wildman–Crippen MR) is 143 cm³/mol. The van der Waals surface area contributed by atoms with Gasteiger partial charge in [-0.2, -0.15) is 0 Å². The van der Waals surface area contributed by atoms with Crippen molar-refractivity contribution in [2.24, 2.45) is 4.99 Å². The van der Waals surface area contributed by atoms with E-state index >= 15 is 0 Å². The van der Waals surface area contributed by atoms with Gasteiger partial charge >= 0.3 is 0 Å². The molecular formula is C24H36IN5O2. The molecule has 0 radical (unpaired) electrons. The van der Waals surface area contributed by atoms with E-state index in [-0.39, 0.29) is 24.0 Å². The van der Waals surface area contributed by atoms with Crippen molar-refractivity contribution >= 4 is 35.6 Å². The Morgan fingerprint density at radius 2 is 1.72 bits per heavy atom. The topological polar surface area (TPSA) is 61.4 Å². The Bertz CT molecular complexity index is 826. The molecule has 0 unspecified atom stereocenters. The third-order valence-corrected chi connectivity index (χ3v) is 5.60. The number of rotatable bonds is 9. The molecule has 0 atom stereocenters. The Morgan fingerprint density at radius 3 is 2.38 bits per heavy atom. The van der Waals surface area contributed by atoms with Gasteiger partial charge in [0.1, 0.15) is 11.5 Å². The molecule has 1 fully saturated rings. The lowest BCUT2D eigenvalue weighted by atomic mass is 10.2. The van der Waals surface area contributed by atoms with Crippen LogP contribution in [0.2, 0.25) is 0 Å². The van der Waals surface area contributed by atoms with E-state index in [1.54, 1.807) is 21.3 Å². The number of anilines is 1. The number of guanidine groups is 1. The minimum atomic E-state index is 0. The molecule has 2 aromatic carbocycles. The highest BCUT2D eigenvalue weighted by Gasteiger charge is 2.16. The number of methoxy groups -OCH3 is 2. The van der Waals surface area contributed by atoms with E-state index in [2.05, 4.69) is 55.8 Å². The Balaban J connectivity index is 0.00000363. The first-order valence-electron chi connectivity index (χ1n) is 10.9. The van der Waals surface area contributed by atoms with Gasteiger partial charge in [0.2, 0.25) is 0 Å². The van der Waals surface area contributed by atoms with Gasteiger partial charge < -0.3 is 25.0 Å². The first-order valence-corrected chi connectivity index (χ1v) is 10.9. The minimum Gasteiger partial charge on any atom is -0.497 e. The predicted octanol–water partition coefficient (Wildman–Crippen LogP) is 3.20. The summed E-state index contributed by atoms with van der Waals surface area (Å²) in [5.74, 6) is 2.39. The van der Waals surface area contributed by atoms with Gasteiger partial charge in [-0.25, -0.2) is 0 Å². The zero-order valence-corrected chi connectivity index (χ0v) is 21.7. The molecule has 2 N–H and O–H groups in total. The number of benzene rings is 2. The summed E-state index contributed by atoms with van der Waals surface area (Å²) < 4.78 is 10.7. The van der Waals surface area contributed by atoms with Gasteiger partial charge in [-0.3, -0.25) is 9.89 Å². The summed E-state index contributed by atoms with van der Waals surface area (Å²) in [4.78, 5) is 9.34. The molecule has 1 heterocycles. The molecule has 7 nitrogen and oxygen atoms in total. The fourth-order valence-electron chi connectivity index (χ4n) is 3.78. The molecule has 0 aliphatic carbocycles. The van der Waals surface area contributed by atoms with Crippen LogP contribution in [0.25, 0.3) is 0 Å². The average molecular weight is 553 g/mol. The fourth-order valence-corrected chi connectivity index (χ4v) is 3.78. The number of hydrogen-bond acceptors (Lipinski definition) is 5. The van der Waals surface area contributed by atoms with Gasteiger partial charge in [0, 0.05) is 63.6 Å². The number of nitrogens with one attached hydrogen (secondary N) is 2. The molecule has 1 saturated heterocycles. The highest BCUT2D eigenvalue weighted by molar-refractivity contribution is 14.0. The fraction of sp³-hybridized carbons (Fsp3) is 0.458. The third kappa shape index (κ3) is 7.74. The maximum Gasteiger partial charge on any atom is 0.191 e. The van der Waals surface area contributed by atoms with E-state index in [4.69, 9.17) is 9.47 Å². The summed E-state index contributed by atoms with van der Waals surface area (Å²) in [6.45, 7) is 7.01. The summed E-state index contributed by atoms with van der Waals surface area (Å²) in [5.41, 5.74) is 2.38. The normalized spacial score (nSPS) is 14.5. The van der Waals surface area contributed by atoms with Crippen LogP contribution in [-0.4, -0.2) is 71.4 Å². The van der Waals surface area contributed by atoms with Crippen molar-refractivity contribution in [3.05, 3.63) is 54.1 Å². The van der Waals surface area contributed by atoms with Crippen molar-refractivity contribution in [3.8, 4) is 11.5 Å². The lowest BCUT2D eigenvalue weighted by Crippen LogP contribution is -2.47. The van der Waals surface area contributed by atoms with Crippen molar-refractivity contribution in [2.45, 2.75) is 13.0 Å². The van der Waals surface area contributed by atoms with Crippen LogP contribution in [0, 0.1) is 0 Å². The molecule has 0 saturated carbocycles. The maximum atomic E-state index is 5.47. The molecule has 0 amide bonds. The number of nitrogens with zero attached hydrogens (tertiary/aromatic N) is 3. The Kier molecular flexibility index (Phi) is 11.4. The molecule has 2 aromatic rings. The van der Waals surface area contributed by atoms with Crippen LogP contribution in [0.15, 0.2) is 53.5 Å². The second-order valence-electron chi connectivity index (χ2n) is 7.55. The van der Waals surface area contributed by atoms with Gasteiger partial charge in [-0.15, -0.1) is 24.0 Å². The number of ether oxygens (including phenoxy) is 2. The SMILES string of the molecule is CN=C(NCCCN1CCN(c2ccccc2)CC1)NCc1ccc(OC)cc1OC.I. The quantitative estimate of drug-likeness (QED) is 0.215. The summed E-state index contributed by atoms with van der Waals surface area (Å²) >= 11 is 0. The maximum absolute atomic E-state index is 5.47. The molecule has 8 heteroatoms. The molecule has 0 bridgehead atoms. The first kappa shape index (κ1) is 26.1.